The Kier molecular flexibility index (Phi) is 4.07. The molecule has 0 aliphatic rings. The summed E-state index contributed by atoms with van der Waals surface area (Å²) in [5, 5.41) is 19.8. The molecule has 4 rings (SSSR count). The van der Waals surface area contributed by atoms with Crippen LogP contribution in [0.1, 0.15) is 5.56 Å². The zero-order valence-electron chi connectivity index (χ0n) is 13.4. The summed E-state index contributed by atoms with van der Waals surface area (Å²) in [6.45, 7) is 0. The van der Waals surface area contributed by atoms with Crippen LogP contribution < -0.4 is 0 Å². The minimum atomic E-state index is -0.0410. The summed E-state index contributed by atoms with van der Waals surface area (Å²) >= 11 is 5.98. The van der Waals surface area contributed by atoms with Crippen LogP contribution in [0, 0.1) is 0 Å². The summed E-state index contributed by atoms with van der Waals surface area (Å²) in [7, 11) is 0. The van der Waals surface area contributed by atoms with Crippen molar-refractivity contribution >= 4 is 34.6 Å². The number of phenolic OH excluding ortho intramolecular Hbond substituents is 2. The fourth-order valence-corrected chi connectivity index (χ4v) is 2.69. The highest BCUT2D eigenvalue weighted by Crippen LogP contribution is 2.29. The molecule has 1 heterocycles. The largest absolute Gasteiger partial charge is 0.508 e. The minimum absolute atomic E-state index is 0.00212. The zero-order chi connectivity index (χ0) is 18.1. The first-order chi connectivity index (χ1) is 12.6. The summed E-state index contributed by atoms with van der Waals surface area (Å²) < 4.78 is 5.77. The van der Waals surface area contributed by atoms with Crippen LogP contribution in [0.25, 0.3) is 22.6 Å². The van der Waals surface area contributed by atoms with E-state index in [0.717, 1.165) is 5.56 Å². The van der Waals surface area contributed by atoms with Gasteiger partial charge < -0.3 is 14.6 Å². The topological polar surface area (TPSA) is 78.9 Å². The lowest BCUT2D eigenvalue weighted by Gasteiger charge is -2.00. The maximum atomic E-state index is 9.82. The van der Waals surface area contributed by atoms with Gasteiger partial charge in [-0.1, -0.05) is 17.7 Å². The van der Waals surface area contributed by atoms with Crippen LogP contribution in [-0.2, 0) is 0 Å². The van der Waals surface area contributed by atoms with E-state index in [1.165, 1.54) is 18.3 Å². The second-order valence-electron chi connectivity index (χ2n) is 5.68. The van der Waals surface area contributed by atoms with E-state index in [2.05, 4.69) is 9.98 Å². The quantitative estimate of drug-likeness (QED) is 0.483. The molecule has 128 valence electrons. The number of nitrogens with zero attached hydrogens (tertiary/aromatic N) is 2. The fraction of sp³-hybridized carbons (Fsp3) is 0. The molecule has 0 atom stereocenters. The van der Waals surface area contributed by atoms with Crippen LogP contribution in [-0.4, -0.2) is 21.4 Å². The van der Waals surface area contributed by atoms with E-state index in [4.69, 9.17) is 16.0 Å². The number of benzene rings is 3. The van der Waals surface area contributed by atoms with Crippen LogP contribution in [0.4, 0.5) is 5.69 Å². The van der Waals surface area contributed by atoms with E-state index in [1.807, 2.05) is 24.3 Å². The number of aromatic hydroxyl groups is 2. The normalized spacial score (nSPS) is 11.4. The average Bonchev–Trinajstić information content (AvgIpc) is 3.04. The van der Waals surface area contributed by atoms with Crippen LogP contribution in [0.15, 0.2) is 70.1 Å². The first kappa shape index (κ1) is 16.2. The van der Waals surface area contributed by atoms with Gasteiger partial charge in [0.1, 0.15) is 17.0 Å². The molecule has 0 radical (unpaired) electrons. The molecule has 0 bridgehead atoms. The number of oxazole rings is 1. The number of hydrogen-bond acceptors (Lipinski definition) is 5. The van der Waals surface area contributed by atoms with Crippen molar-refractivity contribution in [3.63, 3.8) is 0 Å². The van der Waals surface area contributed by atoms with Gasteiger partial charge in [-0.3, -0.25) is 4.99 Å². The molecule has 0 amide bonds. The maximum absolute atomic E-state index is 9.82. The van der Waals surface area contributed by atoms with E-state index in [-0.39, 0.29) is 11.5 Å². The molecule has 3 aromatic carbocycles. The van der Waals surface area contributed by atoms with Gasteiger partial charge in [-0.05, 0) is 48.5 Å². The van der Waals surface area contributed by atoms with Crippen molar-refractivity contribution in [3.8, 4) is 23.0 Å². The fourth-order valence-electron chi connectivity index (χ4n) is 2.53. The SMILES string of the molecule is Oc1ccc(C=Nc2cccc(-c3nc4cc(Cl)ccc4o3)c2)c(O)c1. The molecule has 1 aromatic heterocycles. The molecule has 0 aliphatic heterocycles. The van der Waals surface area contributed by atoms with Crippen LogP contribution in [0.2, 0.25) is 5.02 Å². The van der Waals surface area contributed by atoms with E-state index >= 15 is 0 Å². The number of aromatic nitrogens is 1. The monoisotopic (exact) mass is 364 g/mol. The van der Waals surface area contributed by atoms with Gasteiger partial charge in [0, 0.05) is 28.4 Å². The lowest BCUT2D eigenvalue weighted by Crippen LogP contribution is -1.82. The highest BCUT2D eigenvalue weighted by Gasteiger charge is 2.09. The smallest absolute Gasteiger partial charge is 0.227 e. The molecule has 0 unspecified atom stereocenters. The minimum Gasteiger partial charge on any atom is -0.508 e. The molecular weight excluding hydrogens is 352 g/mol. The van der Waals surface area contributed by atoms with Gasteiger partial charge in [0.2, 0.25) is 5.89 Å². The third-order valence-corrected chi connectivity index (χ3v) is 4.04. The molecule has 0 saturated carbocycles. The number of aliphatic imine (C=N–C) groups is 1. The van der Waals surface area contributed by atoms with Crippen molar-refractivity contribution in [2.24, 2.45) is 4.99 Å². The molecular formula is C20H13ClN2O3. The van der Waals surface area contributed by atoms with Crippen molar-refractivity contribution in [1.82, 2.24) is 4.98 Å². The average molecular weight is 365 g/mol. The molecule has 0 saturated heterocycles. The second-order valence-corrected chi connectivity index (χ2v) is 6.12. The van der Waals surface area contributed by atoms with Gasteiger partial charge in [0.25, 0.3) is 0 Å². The number of fused-ring (bicyclic) bond motifs is 1. The van der Waals surface area contributed by atoms with Crippen molar-refractivity contribution in [3.05, 3.63) is 71.2 Å². The predicted octanol–water partition coefficient (Wildman–Crippen LogP) is 5.31. The summed E-state index contributed by atoms with van der Waals surface area (Å²) in [6.07, 6.45) is 1.53. The summed E-state index contributed by atoms with van der Waals surface area (Å²) in [6, 6.07) is 17.0. The van der Waals surface area contributed by atoms with Crippen molar-refractivity contribution in [2.75, 3.05) is 0 Å². The Hall–Kier alpha value is -3.31. The first-order valence-electron chi connectivity index (χ1n) is 7.81. The molecule has 0 spiro atoms. The van der Waals surface area contributed by atoms with Gasteiger partial charge >= 0.3 is 0 Å². The van der Waals surface area contributed by atoms with Crippen LogP contribution in [0.5, 0.6) is 11.5 Å². The number of halogens is 1. The zero-order valence-corrected chi connectivity index (χ0v) is 14.2. The van der Waals surface area contributed by atoms with Gasteiger partial charge in [0.05, 0.1) is 5.69 Å². The van der Waals surface area contributed by atoms with E-state index < -0.39 is 0 Å². The number of rotatable bonds is 3. The third-order valence-electron chi connectivity index (χ3n) is 3.81. The Morgan fingerprint density at radius 1 is 1.00 bits per heavy atom. The molecule has 4 aromatic rings. The molecule has 5 nitrogen and oxygen atoms in total. The van der Waals surface area contributed by atoms with Gasteiger partial charge in [-0.15, -0.1) is 0 Å². The van der Waals surface area contributed by atoms with Gasteiger partial charge in [-0.2, -0.15) is 0 Å². The lowest BCUT2D eigenvalue weighted by molar-refractivity contribution is 0.450. The first-order valence-corrected chi connectivity index (χ1v) is 8.19. The Bertz CT molecular complexity index is 1140. The summed E-state index contributed by atoms with van der Waals surface area (Å²) in [5.41, 5.74) is 3.31. The van der Waals surface area contributed by atoms with Crippen LogP contribution in [0.3, 0.4) is 0 Å². The number of hydrogen-bond donors (Lipinski definition) is 2. The van der Waals surface area contributed by atoms with Gasteiger partial charge in [0.15, 0.2) is 5.58 Å². The maximum Gasteiger partial charge on any atom is 0.227 e. The Balaban J connectivity index is 1.66. The second kappa shape index (κ2) is 6.54. The van der Waals surface area contributed by atoms with Gasteiger partial charge in [-0.25, -0.2) is 4.98 Å². The lowest BCUT2D eigenvalue weighted by atomic mass is 10.2. The van der Waals surface area contributed by atoms with E-state index in [0.29, 0.717) is 33.3 Å². The van der Waals surface area contributed by atoms with E-state index in [9.17, 15) is 10.2 Å². The Morgan fingerprint density at radius 2 is 1.88 bits per heavy atom. The summed E-state index contributed by atoms with van der Waals surface area (Å²) in [5.74, 6) is 0.435. The van der Waals surface area contributed by atoms with Crippen molar-refractivity contribution < 1.29 is 14.6 Å². The van der Waals surface area contributed by atoms with Crippen molar-refractivity contribution in [2.45, 2.75) is 0 Å². The molecule has 2 N–H and O–H groups in total. The predicted molar refractivity (Wildman–Crippen MR) is 101 cm³/mol. The third kappa shape index (κ3) is 3.25. The molecule has 0 fully saturated rings. The summed E-state index contributed by atoms with van der Waals surface area (Å²) in [4.78, 5) is 8.82. The van der Waals surface area contributed by atoms with Crippen molar-refractivity contribution in [1.29, 1.82) is 0 Å². The highest BCUT2D eigenvalue weighted by molar-refractivity contribution is 6.31. The Labute approximate surface area is 153 Å². The van der Waals surface area contributed by atoms with E-state index in [1.54, 1.807) is 24.3 Å². The standard InChI is InChI=1S/C20H13ClN2O3/c21-14-5-7-19-17(9-14)23-20(26-19)12-2-1-3-15(8-12)22-11-13-4-6-16(24)10-18(13)25/h1-11,24-25H. The molecule has 26 heavy (non-hydrogen) atoms. The van der Waals surface area contributed by atoms with Crippen LogP contribution >= 0.6 is 11.6 Å². The molecule has 0 aliphatic carbocycles. The number of phenols is 2. The highest BCUT2D eigenvalue weighted by atomic mass is 35.5. The molecule has 6 heteroatoms. The Morgan fingerprint density at radius 3 is 2.73 bits per heavy atom.